The number of non-ortho nitro benzene ring substituents is 1. The molecule has 0 radical (unpaired) electrons. The number of nitro groups is 1. The van der Waals surface area contributed by atoms with Gasteiger partial charge in [0, 0.05) is 25.7 Å². The van der Waals surface area contributed by atoms with Gasteiger partial charge in [0.05, 0.1) is 22.6 Å². The fourth-order valence-electron chi connectivity index (χ4n) is 1.65. The van der Waals surface area contributed by atoms with E-state index in [1.807, 2.05) is 6.07 Å². The molecule has 0 aliphatic heterocycles. The first-order chi connectivity index (χ1) is 9.73. The number of sulfonamides is 1. The number of nitrogens with two attached hydrogens (primary N) is 1. The zero-order valence-electron chi connectivity index (χ0n) is 11.5. The molecule has 0 heterocycles. The summed E-state index contributed by atoms with van der Waals surface area (Å²) in [5.74, 6) is 4.73. The van der Waals surface area contributed by atoms with Crippen molar-refractivity contribution >= 4 is 21.4 Å². The number of nitrogens with zero attached hydrogens (tertiary/aromatic N) is 3. The number of nitriles is 1. The largest absolute Gasteiger partial charge is 0.323 e. The van der Waals surface area contributed by atoms with Gasteiger partial charge < -0.3 is 5.43 Å². The van der Waals surface area contributed by atoms with Crippen LogP contribution in [0.25, 0.3) is 0 Å². The summed E-state index contributed by atoms with van der Waals surface area (Å²) in [6, 6.07) is 5.21. The minimum absolute atomic E-state index is 0.0362. The Morgan fingerprint density at radius 2 is 2.19 bits per heavy atom. The van der Waals surface area contributed by atoms with Gasteiger partial charge in [-0.3, -0.25) is 16.0 Å². The number of nitrogens with one attached hydrogen (secondary N) is 1. The monoisotopic (exact) mass is 313 g/mol. The average molecular weight is 313 g/mol. The highest BCUT2D eigenvalue weighted by atomic mass is 32.2. The van der Waals surface area contributed by atoms with Gasteiger partial charge in [0.25, 0.3) is 5.69 Å². The van der Waals surface area contributed by atoms with E-state index in [0.29, 0.717) is 0 Å². The molecular weight excluding hydrogens is 298 g/mol. The Morgan fingerprint density at radius 1 is 1.57 bits per heavy atom. The maximum absolute atomic E-state index is 12.4. The van der Waals surface area contributed by atoms with Crippen molar-refractivity contribution in [2.45, 2.75) is 11.8 Å². The first-order valence-corrected chi connectivity index (χ1v) is 7.29. The Hall–Kier alpha value is -2.22. The van der Waals surface area contributed by atoms with Gasteiger partial charge in [-0.15, -0.1) is 0 Å². The van der Waals surface area contributed by atoms with Crippen LogP contribution in [0.2, 0.25) is 0 Å². The molecule has 1 aromatic rings. The van der Waals surface area contributed by atoms with Crippen molar-refractivity contribution in [1.82, 2.24) is 4.31 Å². The van der Waals surface area contributed by atoms with Crippen LogP contribution in [0.5, 0.6) is 0 Å². The molecule has 1 atom stereocenters. The van der Waals surface area contributed by atoms with E-state index in [4.69, 9.17) is 11.1 Å². The van der Waals surface area contributed by atoms with Crippen LogP contribution in [0.3, 0.4) is 0 Å². The summed E-state index contributed by atoms with van der Waals surface area (Å²) >= 11 is 0. The summed E-state index contributed by atoms with van der Waals surface area (Å²) in [5, 5.41) is 19.5. The standard InChI is InChI=1S/C11H15N5O4S/c1-8(6-12)7-15(2)21(19,20)11-5-9(16(17)18)3-4-10(11)14-13/h3-5,8,14H,7,13H2,1-2H3. The molecule has 0 fully saturated rings. The molecule has 0 amide bonds. The Labute approximate surface area is 122 Å². The van der Waals surface area contributed by atoms with Gasteiger partial charge in [-0.2, -0.15) is 9.57 Å². The molecule has 3 N–H and O–H groups in total. The Balaban J connectivity index is 3.32. The van der Waals surface area contributed by atoms with Crippen LogP contribution in [0.4, 0.5) is 11.4 Å². The smallest absolute Gasteiger partial charge is 0.270 e. The Kier molecular flexibility index (Phi) is 5.20. The van der Waals surface area contributed by atoms with Crippen molar-refractivity contribution < 1.29 is 13.3 Å². The first-order valence-electron chi connectivity index (χ1n) is 5.85. The summed E-state index contributed by atoms with van der Waals surface area (Å²) in [6.45, 7) is 1.53. The van der Waals surface area contributed by atoms with Crippen molar-refractivity contribution in [1.29, 1.82) is 5.26 Å². The third-order valence-electron chi connectivity index (χ3n) is 2.77. The molecule has 21 heavy (non-hydrogen) atoms. The zero-order chi connectivity index (χ0) is 16.2. The topological polar surface area (TPSA) is 142 Å². The highest BCUT2D eigenvalue weighted by molar-refractivity contribution is 7.89. The molecule has 0 saturated carbocycles. The van der Waals surface area contributed by atoms with Gasteiger partial charge in [0.15, 0.2) is 0 Å². The third kappa shape index (κ3) is 3.66. The van der Waals surface area contributed by atoms with E-state index >= 15 is 0 Å². The van der Waals surface area contributed by atoms with Gasteiger partial charge in [0.1, 0.15) is 4.90 Å². The molecule has 10 heteroatoms. The molecule has 1 aromatic carbocycles. The number of hydrogen-bond acceptors (Lipinski definition) is 7. The molecule has 0 aromatic heterocycles. The number of nitro benzene ring substituents is 1. The van der Waals surface area contributed by atoms with Crippen molar-refractivity contribution in [2.24, 2.45) is 11.8 Å². The lowest BCUT2D eigenvalue weighted by molar-refractivity contribution is -0.385. The van der Waals surface area contributed by atoms with Crippen LogP contribution in [0, 0.1) is 27.4 Å². The van der Waals surface area contributed by atoms with E-state index in [1.54, 1.807) is 6.92 Å². The van der Waals surface area contributed by atoms with E-state index in [9.17, 15) is 18.5 Å². The fourth-order valence-corrected chi connectivity index (χ4v) is 3.08. The second kappa shape index (κ2) is 6.49. The van der Waals surface area contributed by atoms with Crippen LogP contribution in [0.1, 0.15) is 6.92 Å². The lowest BCUT2D eigenvalue weighted by Crippen LogP contribution is -2.31. The second-order valence-corrected chi connectivity index (χ2v) is 6.41. The van der Waals surface area contributed by atoms with Gasteiger partial charge >= 0.3 is 0 Å². The van der Waals surface area contributed by atoms with Crippen molar-refractivity contribution in [3.8, 4) is 6.07 Å². The average Bonchev–Trinajstić information content (AvgIpc) is 2.45. The maximum Gasteiger partial charge on any atom is 0.270 e. The van der Waals surface area contributed by atoms with Gasteiger partial charge in [0.2, 0.25) is 10.0 Å². The van der Waals surface area contributed by atoms with Gasteiger partial charge in [-0.1, -0.05) is 0 Å². The molecule has 1 unspecified atom stereocenters. The number of rotatable bonds is 6. The van der Waals surface area contributed by atoms with E-state index in [0.717, 1.165) is 16.4 Å². The number of anilines is 1. The molecular formula is C11H15N5O4S. The van der Waals surface area contributed by atoms with Crippen molar-refractivity contribution in [2.75, 3.05) is 19.0 Å². The molecule has 114 valence electrons. The number of nitrogen functional groups attached to an aromatic ring is 1. The minimum atomic E-state index is -4.01. The quantitative estimate of drug-likeness (QED) is 0.446. The predicted molar refractivity (Wildman–Crippen MR) is 75.5 cm³/mol. The van der Waals surface area contributed by atoms with Crippen LogP contribution < -0.4 is 11.3 Å². The number of benzene rings is 1. The minimum Gasteiger partial charge on any atom is -0.323 e. The number of hydrazine groups is 1. The lowest BCUT2D eigenvalue weighted by atomic mass is 10.2. The highest BCUT2D eigenvalue weighted by Gasteiger charge is 2.27. The van der Waals surface area contributed by atoms with Gasteiger partial charge in [-0.05, 0) is 13.0 Å². The molecule has 0 bridgehead atoms. The first kappa shape index (κ1) is 16.8. The van der Waals surface area contributed by atoms with E-state index < -0.39 is 20.9 Å². The predicted octanol–water partition coefficient (Wildman–Crippen LogP) is 0.661. The van der Waals surface area contributed by atoms with E-state index in [-0.39, 0.29) is 22.8 Å². The Morgan fingerprint density at radius 3 is 2.67 bits per heavy atom. The van der Waals surface area contributed by atoms with Crippen LogP contribution >= 0.6 is 0 Å². The molecule has 9 nitrogen and oxygen atoms in total. The second-order valence-electron chi connectivity index (χ2n) is 4.40. The summed E-state index contributed by atoms with van der Waals surface area (Å²) in [6.07, 6.45) is 0. The SMILES string of the molecule is CC(C#N)CN(C)S(=O)(=O)c1cc([N+](=O)[O-])ccc1NN. The van der Waals surface area contributed by atoms with Crippen molar-refractivity contribution in [3.05, 3.63) is 28.3 Å². The van der Waals surface area contributed by atoms with E-state index in [2.05, 4.69) is 5.43 Å². The Bertz CT molecular complexity index is 682. The molecule has 0 aliphatic carbocycles. The van der Waals surface area contributed by atoms with Gasteiger partial charge in [-0.25, -0.2) is 8.42 Å². The van der Waals surface area contributed by atoms with Crippen LogP contribution in [0.15, 0.2) is 23.1 Å². The highest BCUT2D eigenvalue weighted by Crippen LogP contribution is 2.28. The lowest BCUT2D eigenvalue weighted by Gasteiger charge is -2.19. The summed E-state index contributed by atoms with van der Waals surface area (Å²) < 4.78 is 25.8. The molecule has 0 spiro atoms. The molecule has 0 saturated heterocycles. The molecule has 1 rings (SSSR count). The zero-order valence-corrected chi connectivity index (χ0v) is 12.3. The maximum atomic E-state index is 12.4. The van der Waals surface area contributed by atoms with Crippen LogP contribution in [-0.2, 0) is 10.0 Å². The summed E-state index contributed by atoms with van der Waals surface area (Å²) in [7, 11) is -2.71. The van der Waals surface area contributed by atoms with Crippen molar-refractivity contribution in [3.63, 3.8) is 0 Å². The van der Waals surface area contributed by atoms with Crippen LogP contribution in [-0.4, -0.2) is 31.2 Å². The fraction of sp³-hybridized carbons (Fsp3) is 0.364. The van der Waals surface area contributed by atoms with E-state index in [1.165, 1.54) is 13.1 Å². The normalized spacial score (nSPS) is 12.7. The number of hydrogen-bond donors (Lipinski definition) is 2. The molecule has 0 aliphatic rings. The summed E-state index contributed by atoms with van der Waals surface area (Å²) in [4.78, 5) is 9.77. The third-order valence-corrected chi connectivity index (χ3v) is 4.63. The summed E-state index contributed by atoms with van der Waals surface area (Å²) in [5.41, 5.74) is 1.87.